The summed E-state index contributed by atoms with van der Waals surface area (Å²) in [5.41, 5.74) is 1.66. The fourth-order valence-corrected chi connectivity index (χ4v) is 2.82. The SMILES string of the molecule is Cc1nscc1C(=O)N1CCCC(C)CC1. The number of nitrogens with zero attached hydrogens (tertiary/aromatic N) is 2. The van der Waals surface area contributed by atoms with Crippen LogP contribution in [0.1, 0.15) is 42.2 Å². The van der Waals surface area contributed by atoms with Crippen LogP contribution in [0.3, 0.4) is 0 Å². The van der Waals surface area contributed by atoms with E-state index in [0.29, 0.717) is 0 Å². The number of hydrogen-bond donors (Lipinski definition) is 0. The van der Waals surface area contributed by atoms with Crippen LogP contribution in [0.2, 0.25) is 0 Å². The molecule has 1 atom stereocenters. The topological polar surface area (TPSA) is 33.2 Å². The second-order valence-corrected chi connectivity index (χ2v) is 5.27. The molecule has 1 aromatic heterocycles. The number of aryl methyl sites for hydroxylation is 1. The summed E-state index contributed by atoms with van der Waals surface area (Å²) in [6, 6.07) is 0. The fourth-order valence-electron chi connectivity index (χ4n) is 2.13. The molecule has 88 valence electrons. The van der Waals surface area contributed by atoms with Gasteiger partial charge in [0, 0.05) is 18.5 Å². The number of carbonyl (C=O) groups is 1. The zero-order valence-corrected chi connectivity index (χ0v) is 10.7. The number of aromatic nitrogens is 1. The predicted octanol–water partition coefficient (Wildman–Crippen LogP) is 2.71. The van der Waals surface area contributed by atoms with Gasteiger partial charge in [0.25, 0.3) is 5.91 Å². The van der Waals surface area contributed by atoms with Crippen molar-refractivity contribution in [3.8, 4) is 0 Å². The van der Waals surface area contributed by atoms with Gasteiger partial charge < -0.3 is 4.90 Å². The number of hydrogen-bond acceptors (Lipinski definition) is 3. The highest BCUT2D eigenvalue weighted by molar-refractivity contribution is 7.03. The van der Waals surface area contributed by atoms with E-state index in [1.165, 1.54) is 18.0 Å². The van der Waals surface area contributed by atoms with Gasteiger partial charge >= 0.3 is 0 Å². The molecule has 1 aliphatic rings. The van der Waals surface area contributed by atoms with Gasteiger partial charge in [0.15, 0.2) is 0 Å². The highest BCUT2D eigenvalue weighted by atomic mass is 32.1. The van der Waals surface area contributed by atoms with Crippen molar-refractivity contribution in [1.29, 1.82) is 0 Å². The Morgan fingerprint density at radius 3 is 3.00 bits per heavy atom. The molecular weight excluding hydrogens is 220 g/mol. The Kier molecular flexibility index (Phi) is 3.59. The molecule has 4 heteroatoms. The van der Waals surface area contributed by atoms with Crippen LogP contribution in [0, 0.1) is 12.8 Å². The van der Waals surface area contributed by atoms with Gasteiger partial charge in [0.05, 0.1) is 11.3 Å². The minimum Gasteiger partial charge on any atom is -0.339 e. The number of likely N-dealkylation sites (tertiary alicyclic amines) is 1. The Morgan fingerprint density at radius 1 is 1.50 bits per heavy atom. The Hall–Kier alpha value is -0.900. The maximum atomic E-state index is 12.2. The average molecular weight is 238 g/mol. The monoisotopic (exact) mass is 238 g/mol. The Bertz CT molecular complexity index is 375. The van der Waals surface area contributed by atoms with Gasteiger partial charge in [-0.05, 0) is 43.6 Å². The van der Waals surface area contributed by atoms with Gasteiger partial charge in [-0.25, -0.2) is 0 Å². The summed E-state index contributed by atoms with van der Waals surface area (Å²) >= 11 is 1.37. The summed E-state index contributed by atoms with van der Waals surface area (Å²) < 4.78 is 4.17. The maximum Gasteiger partial charge on any atom is 0.256 e. The molecule has 0 bridgehead atoms. The van der Waals surface area contributed by atoms with E-state index in [1.807, 2.05) is 17.2 Å². The van der Waals surface area contributed by atoms with Crippen LogP contribution in [0.15, 0.2) is 5.38 Å². The molecule has 2 rings (SSSR count). The van der Waals surface area contributed by atoms with E-state index in [0.717, 1.165) is 43.1 Å². The quantitative estimate of drug-likeness (QED) is 0.753. The second kappa shape index (κ2) is 4.95. The molecule has 3 nitrogen and oxygen atoms in total. The predicted molar refractivity (Wildman–Crippen MR) is 65.8 cm³/mol. The molecule has 0 aromatic carbocycles. The van der Waals surface area contributed by atoms with Gasteiger partial charge in [-0.2, -0.15) is 4.37 Å². The van der Waals surface area contributed by atoms with Crippen LogP contribution in [-0.2, 0) is 0 Å². The Labute approximate surface area is 101 Å². The first-order valence-electron chi connectivity index (χ1n) is 5.88. The van der Waals surface area contributed by atoms with E-state index >= 15 is 0 Å². The van der Waals surface area contributed by atoms with E-state index < -0.39 is 0 Å². The first-order valence-corrected chi connectivity index (χ1v) is 6.72. The van der Waals surface area contributed by atoms with E-state index in [-0.39, 0.29) is 5.91 Å². The Balaban J connectivity index is 2.07. The molecular formula is C12H18N2OS. The largest absolute Gasteiger partial charge is 0.339 e. The summed E-state index contributed by atoms with van der Waals surface area (Å²) in [5, 5.41) is 1.87. The van der Waals surface area contributed by atoms with Gasteiger partial charge in [0.1, 0.15) is 0 Å². The zero-order valence-electron chi connectivity index (χ0n) is 9.90. The first-order chi connectivity index (χ1) is 7.68. The first kappa shape index (κ1) is 11.6. The lowest BCUT2D eigenvalue weighted by Gasteiger charge is -2.20. The molecule has 1 amide bonds. The summed E-state index contributed by atoms with van der Waals surface area (Å²) in [7, 11) is 0. The minimum atomic E-state index is 0.167. The standard InChI is InChI=1S/C12H18N2OS/c1-9-4-3-6-14(7-5-9)12(15)11-8-16-13-10(11)2/h8-9H,3-7H2,1-2H3. The molecule has 0 saturated carbocycles. The van der Waals surface area contributed by atoms with Crippen LogP contribution in [0.5, 0.6) is 0 Å². The minimum absolute atomic E-state index is 0.167. The van der Waals surface area contributed by atoms with Crippen LogP contribution < -0.4 is 0 Å². The van der Waals surface area contributed by atoms with Crippen molar-refractivity contribution in [3.05, 3.63) is 16.6 Å². The van der Waals surface area contributed by atoms with Crippen molar-refractivity contribution in [2.75, 3.05) is 13.1 Å². The lowest BCUT2D eigenvalue weighted by molar-refractivity contribution is 0.0760. The van der Waals surface area contributed by atoms with Crippen molar-refractivity contribution < 1.29 is 4.79 Å². The highest BCUT2D eigenvalue weighted by Gasteiger charge is 2.21. The lowest BCUT2D eigenvalue weighted by Crippen LogP contribution is -2.32. The molecule has 0 N–H and O–H groups in total. The van der Waals surface area contributed by atoms with Crippen LogP contribution in [0.4, 0.5) is 0 Å². The molecule has 1 saturated heterocycles. The van der Waals surface area contributed by atoms with Crippen molar-refractivity contribution in [1.82, 2.24) is 9.27 Å². The molecule has 0 spiro atoms. The van der Waals surface area contributed by atoms with Gasteiger partial charge in [0.2, 0.25) is 0 Å². The third-order valence-corrected chi connectivity index (χ3v) is 4.00. The molecule has 1 aromatic rings. The molecule has 2 heterocycles. The fraction of sp³-hybridized carbons (Fsp3) is 0.667. The number of rotatable bonds is 1. The van der Waals surface area contributed by atoms with Crippen molar-refractivity contribution in [2.24, 2.45) is 5.92 Å². The smallest absolute Gasteiger partial charge is 0.256 e. The molecule has 16 heavy (non-hydrogen) atoms. The van der Waals surface area contributed by atoms with Crippen molar-refractivity contribution >= 4 is 17.4 Å². The summed E-state index contributed by atoms with van der Waals surface area (Å²) in [4.78, 5) is 14.2. The zero-order chi connectivity index (χ0) is 11.5. The molecule has 1 unspecified atom stereocenters. The third kappa shape index (κ3) is 2.43. The van der Waals surface area contributed by atoms with Crippen molar-refractivity contribution in [2.45, 2.75) is 33.1 Å². The van der Waals surface area contributed by atoms with Crippen LogP contribution >= 0.6 is 11.5 Å². The van der Waals surface area contributed by atoms with Gasteiger partial charge in [-0.3, -0.25) is 4.79 Å². The molecule has 1 aliphatic heterocycles. The van der Waals surface area contributed by atoms with E-state index in [2.05, 4.69) is 11.3 Å². The number of amides is 1. The van der Waals surface area contributed by atoms with E-state index in [4.69, 9.17) is 0 Å². The lowest BCUT2D eigenvalue weighted by atomic mass is 10.0. The highest BCUT2D eigenvalue weighted by Crippen LogP contribution is 2.19. The second-order valence-electron chi connectivity index (χ2n) is 4.64. The molecule has 0 aliphatic carbocycles. The maximum absolute atomic E-state index is 12.2. The summed E-state index contributed by atoms with van der Waals surface area (Å²) in [6.45, 7) is 5.98. The average Bonchev–Trinajstić information content (AvgIpc) is 2.56. The van der Waals surface area contributed by atoms with Gasteiger partial charge in [-0.1, -0.05) is 6.92 Å². The normalized spacial score (nSPS) is 21.9. The van der Waals surface area contributed by atoms with E-state index in [1.54, 1.807) is 0 Å². The molecule has 0 radical (unpaired) electrons. The summed E-state index contributed by atoms with van der Waals surface area (Å²) in [6.07, 6.45) is 3.50. The van der Waals surface area contributed by atoms with E-state index in [9.17, 15) is 4.79 Å². The van der Waals surface area contributed by atoms with Crippen molar-refractivity contribution in [3.63, 3.8) is 0 Å². The Morgan fingerprint density at radius 2 is 2.31 bits per heavy atom. The van der Waals surface area contributed by atoms with Gasteiger partial charge in [-0.15, -0.1) is 0 Å². The molecule has 1 fully saturated rings. The van der Waals surface area contributed by atoms with Crippen LogP contribution in [0.25, 0.3) is 0 Å². The van der Waals surface area contributed by atoms with Crippen LogP contribution in [-0.4, -0.2) is 28.3 Å². The summed E-state index contributed by atoms with van der Waals surface area (Å²) in [5.74, 6) is 0.917. The number of carbonyl (C=O) groups excluding carboxylic acids is 1. The third-order valence-electron chi connectivity index (χ3n) is 3.28.